The van der Waals surface area contributed by atoms with Gasteiger partial charge in [-0.25, -0.2) is 0 Å². The summed E-state index contributed by atoms with van der Waals surface area (Å²) >= 11 is 0. The summed E-state index contributed by atoms with van der Waals surface area (Å²) in [5, 5.41) is 4.48. The standard InChI is InChI=1S/C14H19N3O2/c1-8-6-10(18-4)7-11(19-5)12(8)13-9(2)14(15)17(3)16-13/h6-7H,15H2,1-5H3. The monoisotopic (exact) mass is 261 g/mol. The van der Waals surface area contributed by atoms with Crippen LogP contribution in [0.2, 0.25) is 0 Å². The average Bonchev–Trinajstić information content (AvgIpc) is 2.65. The summed E-state index contributed by atoms with van der Waals surface area (Å²) in [6.07, 6.45) is 0. The second-order valence-electron chi connectivity index (χ2n) is 4.50. The Bertz CT molecular complexity index is 618. The van der Waals surface area contributed by atoms with Gasteiger partial charge in [0.25, 0.3) is 0 Å². The third-order valence-electron chi connectivity index (χ3n) is 3.30. The molecule has 0 spiro atoms. The number of rotatable bonds is 3. The van der Waals surface area contributed by atoms with Crippen LogP contribution >= 0.6 is 0 Å². The van der Waals surface area contributed by atoms with E-state index >= 15 is 0 Å². The minimum absolute atomic E-state index is 0.660. The van der Waals surface area contributed by atoms with Gasteiger partial charge in [0.2, 0.25) is 0 Å². The minimum atomic E-state index is 0.660. The summed E-state index contributed by atoms with van der Waals surface area (Å²) in [7, 11) is 5.11. The lowest BCUT2D eigenvalue weighted by molar-refractivity contribution is 0.394. The number of aromatic nitrogens is 2. The summed E-state index contributed by atoms with van der Waals surface area (Å²) < 4.78 is 12.4. The Morgan fingerprint density at radius 2 is 1.84 bits per heavy atom. The van der Waals surface area contributed by atoms with Gasteiger partial charge in [0.1, 0.15) is 23.0 Å². The van der Waals surface area contributed by atoms with Gasteiger partial charge >= 0.3 is 0 Å². The van der Waals surface area contributed by atoms with Crippen molar-refractivity contribution in [2.75, 3.05) is 20.0 Å². The van der Waals surface area contributed by atoms with E-state index in [0.29, 0.717) is 5.82 Å². The van der Waals surface area contributed by atoms with Gasteiger partial charge < -0.3 is 15.2 Å². The van der Waals surface area contributed by atoms with Crippen LogP contribution in [-0.2, 0) is 7.05 Å². The SMILES string of the molecule is COc1cc(C)c(-c2nn(C)c(N)c2C)c(OC)c1. The van der Waals surface area contributed by atoms with Crippen LogP contribution in [0.15, 0.2) is 12.1 Å². The maximum atomic E-state index is 5.97. The van der Waals surface area contributed by atoms with Gasteiger partial charge in [-0.15, -0.1) is 0 Å². The van der Waals surface area contributed by atoms with E-state index in [4.69, 9.17) is 15.2 Å². The smallest absolute Gasteiger partial charge is 0.132 e. The highest BCUT2D eigenvalue weighted by atomic mass is 16.5. The first kappa shape index (κ1) is 13.3. The van der Waals surface area contributed by atoms with Gasteiger partial charge in [-0.05, 0) is 25.5 Å². The maximum Gasteiger partial charge on any atom is 0.132 e. The van der Waals surface area contributed by atoms with Gasteiger partial charge in [-0.2, -0.15) is 5.10 Å². The lowest BCUT2D eigenvalue weighted by Crippen LogP contribution is -1.97. The summed E-state index contributed by atoms with van der Waals surface area (Å²) in [4.78, 5) is 0. The van der Waals surface area contributed by atoms with Crippen LogP contribution in [0.1, 0.15) is 11.1 Å². The van der Waals surface area contributed by atoms with E-state index < -0.39 is 0 Å². The molecule has 0 amide bonds. The van der Waals surface area contributed by atoms with Gasteiger partial charge in [-0.3, -0.25) is 4.68 Å². The third-order valence-corrected chi connectivity index (χ3v) is 3.30. The fourth-order valence-electron chi connectivity index (χ4n) is 2.19. The Balaban J connectivity index is 2.70. The molecule has 0 radical (unpaired) electrons. The minimum Gasteiger partial charge on any atom is -0.497 e. The first-order chi connectivity index (χ1) is 8.99. The van der Waals surface area contributed by atoms with E-state index in [1.165, 1.54) is 0 Å². The van der Waals surface area contributed by atoms with Crippen molar-refractivity contribution in [3.63, 3.8) is 0 Å². The van der Waals surface area contributed by atoms with Crippen LogP contribution in [0.5, 0.6) is 11.5 Å². The van der Waals surface area contributed by atoms with Gasteiger partial charge in [-0.1, -0.05) is 0 Å². The van der Waals surface area contributed by atoms with Gasteiger partial charge in [0, 0.05) is 24.2 Å². The lowest BCUT2D eigenvalue weighted by Gasteiger charge is -2.12. The van der Waals surface area contributed by atoms with Crippen molar-refractivity contribution < 1.29 is 9.47 Å². The molecule has 0 bridgehead atoms. The number of nitrogens with zero attached hydrogens (tertiary/aromatic N) is 2. The van der Waals surface area contributed by atoms with Crippen molar-refractivity contribution in [2.45, 2.75) is 13.8 Å². The molecule has 102 valence electrons. The van der Waals surface area contributed by atoms with Crippen LogP contribution < -0.4 is 15.2 Å². The Morgan fingerprint density at radius 3 is 2.32 bits per heavy atom. The quantitative estimate of drug-likeness (QED) is 0.921. The Labute approximate surface area is 112 Å². The topological polar surface area (TPSA) is 62.3 Å². The molecule has 0 aliphatic rings. The second kappa shape index (κ2) is 4.84. The molecule has 2 N–H and O–H groups in total. The second-order valence-corrected chi connectivity index (χ2v) is 4.50. The van der Waals surface area contributed by atoms with Crippen molar-refractivity contribution in [3.8, 4) is 22.8 Å². The lowest BCUT2D eigenvalue weighted by atomic mass is 10.0. The molecule has 2 aromatic rings. The number of hydrogen-bond donors (Lipinski definition) is 1. The fraction of sp³-hybridized carbons (Fsp3) is 0.357. The number of nitrogens with two attached hydrogens (primary N) is 1. The van der Waals surface area contributed by atoms with Crippen LogP contribution in [0.3, 0.4) is 0 Å². The van der Waals surface area contributed by atoms with E-state index in [1.807, 2.05) is 33.0 Å². The number of hydrogen-bond acceptors (Lipinski definition) is 4. The predicted molar refractivity (Wildman–Crippen MR) is 75.6 cm³/mol. The molecule has 0 aliphatic heterocycles. The van der Waals surface area contributed by atoms with E-state index in [2.05, 4.69) is 5.10 Å². The number of benzene rings is 1. The molecule has 1 aromatic heterocycles. The maximum absolute atomic E-state index is 5.97. The average molecular weight is 261 g/mol. The molecular formula is C14H19N3O2. The summed E-state index contributed by atoms with van der Waals surface area (Å²) in [6.45, 7) is 3.96. The van der Waals surface area contributed by atoms with Crippen LogP contribution in [0.4, 0.5) is 5.82 Å². The highest BCUT2D eigenvalue weighted by Gasteiger charge is 2.18. The zero-order valence-corrected chi connectivity index (χ0v) is 11.9. The number of aryl methyl sites for hydroxylation is 2. The molecular weight excluding hydrogens is 242 g/mol. The number of ether oxygens (including phenoxy) is 2. The molecule has 1 heterocycles. The number of anilines is 1. The van der Waals surface area contributed by atoms with Gasteiger partial charge in [0.15, 0.2) is 0 Å². The molecule has 0 saturated carbocycles. The Hall–Kier alpha value is -2.17. The molecule has 0 unspecified atom stereocenters. The van der Waals surface area contributed by atoms with E-state index in [0.717, 1.165) is 33.9 Å². The molecule has 0 saturated heterocycles. The molecule has 5 nitrogen and oxygen atoms in total. The largest absolute Gasteiger partial charge is 0.497 e. The van der Waals surface area contributed by atoms with E-state index in [1.54, 1.807) is 18.9 Å². The molecule has 0 fully saturated rings. The third kappa shape index (κ3) is 2.12. The highest BCUT2D eigenvalue weighted by molar-refractivity contribution is 5.77. The summed E-state index contributed by atoms with van der Waals surface area (Å²) in [6, 6.07) is 3.81. The van der Waals surface area contributed by atoms with Crippen molar-refractivity contribution in [3.05, 3.63) is 23.3 Å². The number of nitrogen functional groups attached to an aromatic ring is 1. The van der Waals surface area contributed by atoms with Gasteiger partial charge in [0.05, 0.1) is 14.2 Å². The highest BCUT2D eigenvalue weighted by Crippen LogP contribution is 2.38. The normalized spacial score (nSPS) is 10.6. The van der Waals surface area contributed by atoms with Crippen molar-refractivity contribution in [1.29, 1.82) is 0 Å². The van der Waals surface area contributed by atoms with Crippen LogP contribution in [-0.4, -0.2) is 24.0 Å². The van der Waals surface area contributed by atoms with Crippen LogP contribution in [0, 0.1) is 13.8 Å². The summed E-state index contributed by atoms with van der Waals surface area (Å²) in [5.74, 6) is 2.16. The fourth-order valence-corrected chi connectivity index (χ4v) is 2.19. The van der Waals surface area contributed by atoms with Crippen molar-refractivity contribution in [1.82, 2.24) is 9.78 Å². The predicted octanol–water partition coefficient (Wildman–Crippen LogP) is 2.30. The zero-order valence-electron chi connectivity index (χ0n) is 11.9. The molecule has 0 atom stereocenters. The zero-order chi connectivity index (χ0) is 14.2. The molecule has 5 heteroatoms. The van der Waals surface area contributed by atoms with Crippen molar-refractivity contribution in [2.24, 2.45) is 7.05 Å². The molecule has 1 aromatic carbocycles. The van der Waals surface area contributed by atoms with E-state index in [-0.39, 0.29) is 0 Å². The van der Waals surface area contributed by atoms with E-state index in [9.17, 15) is 0 Å². The summed E-state index contributed by atoms with van der Waals surface area (Å²) in [5.41, 5.74) is 9.76. The number of methoxy groups -OCH3 is 2. The molecule has 0 aliphatic carbocycles. The van der Waals surface area contributed by atoms with Crippen LogP contribution in [0.25, 0.3) is 11.3 Å². The first-order valence-electron chi connectivity index (χ1n) is 6.01. The molecule has 2 rings (SSSR count). The Kier molecular flexibility index (Phi) is 3.38. The first-order valence-corrected chi connectivity index (χ1v) is 6.01. The Morgan fingerprint density at radius 1 is 1.16 bits per heavy atom. The molecule has 19 heavy (non-hydrogen) atoms. The van der Waals surface area contributed by atoms with Crippen molar-refractivity contribution >= 4 is 5.82 Å².